The van der Waals surface area contributed by atoms with Crippen LogP contribution in [0.4, 0.5) is 10.1 Å². The second kappa shape index (κ2) is 5.02. The highest BCUT2D eigenvalue weighted by molar-refractivity contribution is 6.31. The van der Waals surface area contributed by atoms with E-state index >= 15 is 0 Å². The number of anilines is 1. The standard InChI is InChI=1S/C19H12Cl2FN3O/c1-8-4-11-10-6-14(22)13(21)7-16(10)23-17(11)19(25-8)12-5-9(20)2-3-15(12)24-18(19)26/h2-7,23,25H,1H3,(H,24,26)/t19-/m1/s1. The summed E-state index contributed by atoms with van der Waals surface area (Å²) in [5.74, 6) is -0.722. The summed E-state index contributed by atoms with van der Waals surface area (Å²) >= 11 is 12.1. The smallest absolute Gasteiger partial charge is 0.261 e. The van der Waals surface area contributed by atoms with Crippen LogP contribution in [-0.4, -0.2) is 10.9 Å². The Hall–Kier alpha value is -2.50. The molecule has 0 fully saturated rings. The van der Waals surface area contributed by atoms with Gasteiger partial charge in [-0.15, -0.1) is 0 Å². The van der Waals surface area contributed by atoms with Gasteiger partial charge in [0.05, 0.1) is 10.7 Å². The number of amides is 1. The Bertz CT molecular complexity index is 1170. The minimum absolute atomic E-state index is 0.0260. The second-order valence-electron chi connectivity index (χ2n) is 6.57. The molecule has 0 aliphatic carbocycles. The molecule has 5 rings (SSSR count). The van der Waals surface area contributed by atoms with E-state index in [1.54, 1.807) is 18.2 Å². The van der Waals surface area contributed by atoms with Gasteiger partial charge in [-0.2, -0.15) is 0 Å². The maximum absolute atomic E-state index is 14.1. The van der Waals surface area contributed by atoms with Crippen molar-refractivity contribution < 1.29 is 9.18 Å². The van der Waals surface area contributed by atoms with E-state index in [2.05, 4.69) is 15.6 Å². The maximum Gasteiger partial charge on any atom is 0.261 e. The molecule has 2 aliphatic rings. The van der Waals surface area contributed by atoms with Crippen LogP contribution in [0.25, 0.3) is 17.0 Å². The molecule has 0 radical (unpaired) electrons. The normalized spacial score (nSPS) is 20.6. The first-order valence-electron chi connectivity index (χ1n) is 7.99. The monoisotopic (exact) mass is 387 g/mol. The van der Waals surface area contributed by atoms with Crippen LogP contribution in [0.2, 0.25) is 10.0 Å². The molecule has 3 aromatic rings. The minimum atomic E-state index is -1.16. The number of allylic oxidation sites excluding steroid dienone is 1. The topological polar surface area (TPSA) is 56.9 Å². The predicted molar refractivity (Wildman–Crippen MR) is 101 cm³/mol. The van der Waals surface area contributed by atoms with E-state index < -0.39 is 11.4 Å². The van der Waals surface area contributed by atoms with Crippen LogP contribution >= 0.6 is 23.2 Å². The zero-order valence-electron chi connectivity index (χ0n) is 13.5. The van der Waals surface area contributed by atoms with Gasteiger partial charge in [-0.25, -0.2) is 4.39 Å². The van der Waals surface area contributed by atoms with Crippen LogP contribution in [0.1, 0.15) is 23.7 Å². The van der Waals surface area contributed by atoms with Crippen LogP contribution in [0, 0.1) is 5.82 Å². The number of hydrogen-bond acceptors (Lipinski definition) is 2. The van der Waals surface area contributed by atoms with Gasteiger partial charge >= 0.3 is 0 Å². The van der Waals surface area contributed by atoms with Crippen molar-refractivity contribution in [2.75, 3.05) is 5.32 Å². The Morgan fingerprint density at radius 3 is 2.77 bits per heavy atom. The predicted octanol–water partition coefficient (Wildman–Crippen LogP) is 4.77. The number of halogens is 3. The molecule has 1 spiro atoms. The molecule has 2 aromatic carbocycles. The van der Waals surface area contributed by atoms with Gasteiger partial charge in [-0.1, -0.05) is 23.2 Å². The summed E-state index contributed by atoms with van der Waals surface area (Å²) in [6.07, 6.45) is 1.89. The summed E-state index contributed by atoms with van der Waals surface area (Å²) in [6.45, 7) is 1.87. The van der Waals surface area contributed by atoms with E-state index in [1.807, 2.05) is 13.0 Å². The van der Waals surface area contributed by atoms with Crippen molar-refractivity contribution in [3.8, 4) is 0 Å². The molecule has 7 heteroatoms. The number of nitrogens with one attached hydrogen (secondary N) is 3. The highest BCUT2D eigenvalue weighted by atomic mass is 35.5. The fourth-order valence-corrected chi connectivity index (χ4v) is 4.25. The molecule has 0 unspecified atom stereocenters. The molecular weight excluding hydrogens is 376 g/mol. The van der Waals surface area contributed by atoms with Crippen LogP contribution in [-0.2, 0) is 10.3 Å². The van der Waals surface area contributed by atoms with Crippen molar-refractivity contribution in [3.63, 3.8) is 0 Å². The quantitative estimate of drug-likeness (QED) is 0.520. The summed E-state index contributed by atoms with van der Waals surface area (Å²) in [5.41, 5.74) is 3.11. The molecule has 0 bridgehead atoms. The van der Waals surface area contributed by atoms with Crippen molar-refractivity contribution in [3.05, 3.63) is 68.7 Å². The molecule has 4 nitrogen and oxygen atoms in total. The molecular formula is C19H12Cl2FN3O. The van der Waals surface area contributed by atoms with Gasteiger partial charge in [0, 0.05) is 38.4 Å². The number of H-pyrrole nitrogens is 1. The third-order valence-corrected chi connectivity index (χ3v) is 5.50. The lowest BCUT2D eigenvalue weighted by atomic mass is 9.82. The fourth-order valence-electron chi connectivity index (χ4n) is 3.91. The Kier molecular flexibility index (Phi) is 3.04. The molecule has 130 valence electrons. The number of carbonyl (C=O) groups is 1. The van der Waals surface area contributed by atoms with Gasteiger partial charge in [0.15, 0.2) is 5.54 Å². The van der Waals surface area contributed by atoms with Crippen LogP contribution < -0.4 is 10.6 Å². The van der Waals surface area contributed by atoms with Crippen LogP contribution in [0.5, 0.6) is 0 Å². The van der Waals surface area contributed by atoms with Gasteiger partial charge < -0.3 is 15.6 Å². The maximum atomic E-state index is 14.1. The lowest BCUT2D eigenvalue weighted by Gasteiger charge is -2.33. The Morgan fingerprint density at radius 2 is 1.96 bits per heavy atom. The first kappa shape index (κ1) is 15.7. The van der Waals surface area contributed by atoms with Crippen molar-refractivity contribution in [1.82, 2.24) is 10.3 Å². The zero-order chi connectivity index (χ0) is 18.2. The first-order valence-corrected chi connectivity index (χ1v) is 8.75. The Balaban J connectivity index is 1.90. The van der Waals surface area contributed by atoms with Gasteiger partial charge in [-0.05, 0) is 43.3 Å². The van der Waals surface area contributed by atoms with E-state index in [-0.39, 0.29) is 10.9 Å². The summed E-state index contributed by atoms with van der Waals surface area (Å²) < 4.78 is 14.1. The Morgan fingerprint density at radius 1 is 1.15 bits per heavy atom. The number of carbonyl (C=O) groups excluding carboxylic acids is 1. The van der Waals surface area contributed by atoms with Gasteiger partial charge in [0.25, 0.3) is 5.91 Å². The lowest BCUT2D eigenvalue weighted by molar-refractivity contribution is -0.120. The molecule has 1 amide bonds. The highest BCUT2D eigenvalue weighted by Gasteiger charge is 2.52. The summed E-state index contributed by atoms with van der Waals surface area (Å²) in [7, 11) is 0. The number of fused-ring (bicyclic) bond motifs is 6. The molecule has 1 aromatic heterocycles. The number of aromatic amines is 1. The molecule has 0 saturated carbocycles. The molecule has 3 heterocycles. The third kappa shape index (κ3) is 1.87. The van der Waals surface area contributed by atoms with Crippen molar-refractivity contribution in [2.24, 2.45) is 0 Å². The van der Waals surface area contributed by atoms with E-state index in [9.17, 15) is 9.18 Å². The van der Waals surface area contributed by atoms with E-state index in [4.69, 9.17) is 23.2 Å². The average Bonchev–Trinajstić information content (AvgIpc) is 3.06. The highest BCUT2D eigenvalue weighted by Crippen LogP contribution is 2.47. The van der Waals surface area contributed by atoms with Crippen LogP contribution in [0.15, 0.2) is 36.0 Å². The summed E-state index contributed by atoms with van der Waals surface area (Å²) in [5, 5.41) is 7.44. The average molecular weight is 388 g/mol. The zero-order valence-corrected chi connectivity index (χ0v) is 15.0. The fraction of sp³-hybridized carbons (Fsp3) is 0.105. The molecule has 2 aliphatic heterocycles. The number of hydrogen-bond donors (Lipinski definition) is 3. The number of aromatic nitrogens is 1. The SMILES string of the molecule is CC1=Cc2c([nH]c3cc(Cl)c(F)cc23)[C@@]2(N1)C(=O)Nc1ccc(Cl)cc12. The molecule has 3 N–H and O–H groups in total. The minimum Gasteiger partial charge on any atom is -0.366 e. The Labute approximate surface area is 158 Å². The van der Waals surface area contributed by atoms with Crippen LogP contribution in [0.3, 0.4) is 0 Å². The number of rotatable bonds is 0. The van der Waals surface area contributed by atoms with Crippen molar-refractivity contribution in [2.45, 2.75) is 12.5 Å². The van der Waals surface area contributed by atoms with Crippen molar-refractivity contribution in [1.29, 1.82) is 0 Å². The van der Waals surface area contributed by atoms with E-state index in [1.165, 1.54) is 12.1 Å². The van der Waals surface area contributed by atoms with Gasteiger partial charge in [0.1, 0.15) is 5.82 Å². The lowest BCUT2D eigenvalue weighted by Crippen LogP contribution is -2.50. The molecule has 0 saturated heterocycles. The summed E-state index contributed by atoms with van der Waals surface area (Å²) in [4.78, 5) is 16.3. The largest absolute Gasteiger partial charge is 0.366 e. The second-order valence-corrected chi connectivity index (χ2v) is 7.42. The first-order chi connectivity index (χ1) is 12.4. The summed E-state index contributed by atoms with van der Waals surface area (Å²) in [6, 6.07) is 8.20. The van der Waals surface area contributed by atoms with E-state index in [0.717, 1.165) is 16.8 Å². The van der Waals surface area contributed by atoms with Gasteiger partial charge in [0.2, 0.25) is 0 Å². The molecule has 1 atom stereocenters. The van der Waals surface area contributed by atoms with E-state index in [0.29, 0.717) is 27.3 Å². The molecule has 26 heavy (non-hydrogen) atoms. The number of benzene rings is 2. The van der Waals surface area contributed by atoms with Crippen molar-refractivity contribution >= 4 is 51.8 Å². The third-order valence-electron chi connectivity index (χ3n) is 4.97. The van der Waals surface area contributed by atoms with Gasteiger partial charge in [-0.3, -0.25) is 4.79 Å².